The van der Waals surface area contributed by atoms with Gasteiger partial charge in [-0.2, -0.15) is 0 Å². The monoisotopic (exact) mass is 1510 g/mol. The Kier molecular flexibility index (Phi) is 74.1. The zero-order chi connectivity index (χ0) is 75.6. The lowest BCUT2D eigenvalue weighted by molar-refractivity contribution is -0.161. The SMILES string of the molecule is CCCCCCCCCCCCCCCCCCCCCCCCC(=O)O[C@H](COC(=O)CCCCCCCCCCCCCCCCC(C)C)COP(=O)(O)OC[C@@H](O)COP(=O)(O)OC[C@@H](COC(=O)CCCCCCCCCCCCCC)OC(=O)CCCCCCCCCCC(C)CC. The van der Waals surface area contributed by atoms with Gasteiger partial charge >= 0.3 is 39.5 Å². The molecule has 3 N–H and O–H groups in total. The number of carbonyl (C=O) groups excluding carboxylic acids is 4. The summed E-state index contributed by atoms with van der Waals surface area (Å²) in [5.74, 6) is -0.538. The molecule has 0 fully saturated rings. The summed E-state index contributed by atoms with van der Waals surface area (Å²) in [5, 5.41) is 10.7. The van der Waals surface area contributed by atoms with E-state index in [1.54, 1.807) is 0 Å². The number of hydrogen-bond donors (Lipinski definition) is 3. The first-order valence-corrected chi connectivity index (χ1v) is 46.5. The van der Waals surface area contributed by atoms with Crippen LogP contribution < -0.4 is 0 Å². The number of aliphatic hydroxyl groups is 1. The number of ether oxygens (including phenoxy) is 4. The average Bonchev–Trinajstić information content (AvgIpc) is 0.927. The molecule has 0 amide bonds. The predicted molar refractivity (Wildman–Crippen MR) is 423 cm³/mol. The predicted octanol–water partition coefficient (Wildman–Crippen LogP) is 25.5. The van der Waals surface area contributed by atoms with E-state index in [4.69, 9.17) is 37.0 Å². The number of esters is 4. The second-order valence-corrected chi connectivity index (χ2v) is 33.8. The van der Waals surface area contributed by atoms with Gasteiger partial charge < -0.3 is 33.8 Å². The molecule has 0 aromatic carbocycles. The van der Waals surface area contributed by atoms with Crippen LogP contribution in [0, 0.1) is 11.8 Å². The number of rotatable bonds is 83. The van der Waals surface area contributed by atoms with Crippen LogP contribution in [0.5, 0.6) is 0 Å². The van der Waals surface area contributed by atoms with Crippen LogP contribution in [0.25, 0.3) is 0 Å². The summed E-state index contributed by atoms with van der Waals surface area (Å²) in [6, 6.07) is 0. The van der Waals surface area contributed by atoms with Crippen molar-refractivity contribution in [1.82, 2.24) is 0 Å². The van der Waals surface area contributed by atoms with Gasteiger partial charge in [0.1, 0.15) is 19.3 Å². The van der Waals surface area contributed by atoms with Crippen LogP contribution in [0.2, 0.25) is 0 Å². The van der Waals surface area contributed by atoms with Crippen LogP contribution in [0.1, 0.15) is 446 Å². The van der Waals surface area contributed by atoms with Crippen LogP contribution in [0.15, 0.2) is 0 Å². The lowest BCUT2D eigenvalue weighted by Gasteiger charge is -2.21. The van der Waals surface area contributed by atoms with Crippen LogP contribution >= 0.6 is 15.6 Å². The van der Waals surface area contributed by atoms with Crippen molar-refractivity contribution in [3.8, 4) is 0 Å². The number of phosphoric acid groups is 2. The van der Waals surface area contributed by atoms with Crippen LogP contribution in [-0.4, -0.2) is 96.7 Å². The molecule has 19 heteroatoms. The lowest BCUT2D eigenvalue weighted by Crippen LogP contribution is -2.30. The highest BCUT2D eigenvalue weighted by molar-refractivity contribution is 7.47. The van der Waals surface area contributed by atoms with Crippen molar-refractivity contribution in [2.45, 2.75) is 464 Å². The number of aliphatic hydroxyl groups excluding tert-OH is 1. The molecule has 0 rings (SSSR count). The zero-order valence-corrected chi connectivity index (χ0v) is 69.4. The molecule has 0 aliphatic heterocycles. The van der Waals surface area contributed by atoms with E-state index in [1.165, 1.54) is 263 Å². The van der Waals surface area contributed by atoms with Crippen molar-refractivity contribution in [2.75, 3.05) is 39.6 Å². The maximum absolute atomic E-state index is 13.1. The first-order valence-electron chi connectivity index (χ1n) is 43.5. The van der Waals surface area contributed by atoms with E-state index < -0.39 is 97.5 Å². The second kappa shape index (κ2) is 75.5. The minimum atomic E-state index is -4.96. The molecule has 0 aliphatic carbocycles. The molecular formula is C84H164O17P2. The van der Waals surface area contributed by atoms with Gasteiger partial charge in [-0.15, -0.1) is 0 Å². The third kappa shape index (κ3) is 76.6. The summed E-state index contributed by atoms with van der Waals surface area (Å²) in [6.07, 6.45) is 66.6. The molecule has 0 spiro atoms. The molecule has 0 aromatic heterocycles. The van der Waals surface area contributed by atoms with Crippen molar-refractivity contribution >= 4 is 39.5 Å². The minimum absolute atomic E-state index is 0.106. The summed E-state index contributed by atoms with van der Waals surface area (Å²) < 4.78 is 68.8. The molecule has 3 unspecified atom stereocenters. The van der Waals surface area contributed by atoms with E-state index >= 15 is 0 Å². The van der Waals surface area contributed by atoms with Gasteiger partial charge in [0.2, 0.25) is 0 Å². The highest BCUT2D eigenvalue weighted by Gasteiger charge is 2.30. The molecule has 0 radical (unpaired) electrons. The highest BCUT2D eigenvalue weighted by atomic mass is 31.2. The Morgan fingerprint density at radius 1 is 0.282 bits per heavy atom. The van der Waals surface area contributed by atoms with Crippen molar-refractivity contribution in [3.05, 3.63) is 0 Å². The molecule has 0 saturated carbocycles. The van der Waals surface area contributed by atoms with Gasteiger partial charge in [-0.1, -0.05) is 395 Å². The summed E-state index contributed by atoms with van der Waals surface area (Å²) in [4.78, 5) is 73.1. The largest absolute Gasteiger partial charge is 0.472 e. The van der Waals surface area contributed by atoms with Gasteiger partial charge in [-0.3, -0.25) is 37.3 Å². The molecule has 0 aliphatic rings. The number of hydrogen-bond acceptors (Lipinski definition) is 15. The maximum atomic E-state index is 13.1. The lowest BCUT2D eigenvalue weighted by atomic mass is 9.99. The standard InChI is InChI=1S/C84H164O17P2/c1-7-10-12-14-16-18-20-22-23-24-25-26-27-28-29-30-35-39-43-50-56-62-68-83(88)100-79(72-94-82(87)67-61-55-49-42-38-34-32-31-33-36-40-46-52-58-64-76(4)5)74-98-102(90,91)96-70-78(85)71-97-103(92,93)99-75-80(101-84(89)69-63-57-51-45-44-47-53-59-65-77(6)9-3)73-95-81(86)66-60-54-48-41-37-21-19-17-15-13-11-8-2/h76-80,85H,7-75H2,1-6H3,(H,90,91)(H,92,93)/t77?,78-,79-,80-/m1/s1. The van der Waals surface area contributed by atoms with E-state index in [0.29, 0.717) is 25.7 Å². The topological polar surface area (TPSA) is 237 Å². The van der Waals surface area contributed by atoms with Crippen molar-refractivity contribution in [1.29, 1.82) is 0 Å². The van der Waals surface area contributed by atoms with Crippen LogP contribution in [0.4, 0.5) is 0 Å². The second-order valence-electron chi connectivity index (χ2n) is 30.9. The van der Waals surface area contributed by atoms with Gasteiger partial charge in [-0.05, 0) is 37.5 Å². The molecule has 0 heterocycles. The third-order valence-electron chi connectivity index (χ3n) is 20.1. The van der Waals surface area contributed by atoms with Crippen LogP contribution in [-0.2, 0) is 65.4 Å². The van der Waals surface area contributed by atoms with E-state index in [2.05, 4.69) is 41.5 Å². The molecule has 103 heavy (non-hydrogen) atoms. The summed E-state index contributed by atoms with van der Waals surface area (Å²) >= 11 is 0. The number of unbranched alkanes of at least 4 members (excludes halogenated alkanes) is 52. The van der Waals surface area contributed by atoms with Gasteiger partial charge in [-0.25, -0.2) is 9.13 Å². The Morgan fingerprint density at radius 2 is 0.495 bits per heavy atom. The summed E-state index contributed by atoms with van der Waals surface area (Å²) in [7, 11) is -9.92. The molecule has 0 aromatic rings. The first-order chi connectivity index (χ1) is 49.9. The Balaban J connectivity index is 5.22. The number of phosphoric ester groups is 2. The van der Waals surface area contributed by atoms with E-state index in [0.717, 1.165) is 102 Å². The van der Waals surface area contributed by atoms with E-state index in [9.17, 15) is 43.2 Å². The molecule has 0 saturated heterocycles. The Hall–Kier alpha value is -1.94. The zero-order valence-electron chi connectivity index (χ0n) is 67.6. The van der Waals surface area contributed by atoms with E-state index in [-0.39, 0.29) is 25.7 Å². The normalized spacial score (nSPS) is 14.1. The fourth-order valence-corrected chi connectivity index (χ4v) is 14.6. The Labute approximate surface area is 632 Å². The molecular weight excluding hydrogens is 1340 g/mol. The maximum Gasteiger partial charge on any atom is 0.472 e. The molecule has 6 atom stereocenters. The third-order valence-corrected chi connectivity index (χ3v) is 22.0. The quantitative estimate of drug-likeness (QED) is 0.0222. The van der Waals surface area contributed by atoms with E-state index in [1.807, 2.05) is 0 Å². The van der Waals surface area contributed by atoms with Gasteiger partial charge in [0.25, 0.3) is 0 Å². The molecule has 0 bridgehead atoms. The summed E-state index contributed by atoms with van der Waals surface area (Å²) in [5.41, 5.74) is 0. The first kappa shape index (κ1) is 101. The summed E-state index contributed by atoms with van der Waals surface area (Å²) in [6.45, 7) is 9.67. The fraction of sp³-hybridized carbons (Fsp3) is 0.952. The minimum Gasteiger partial charge on any atom is -0.462 e. The smallest absolute Gasteiger partial charge is 0.462 e. The molecule has 612 valence electrons. The highest BCUT2D eigenvalue weighted by Crippen LogP contribution is 2.45. The molecule has 17 nitrogen and oxygen atoms in total. The van der Waals surface area contributed by atoms with Gasteiger partial charge in [0, 0.05) is 25.7 Å². The average molecular weight is 1510 g/mol. The van der Waals surface area contributed by atoms with Gasteiger partial charge in [0.05, 0.1) is 26.4 Å². The van der Waals surface area contributed by atoms with Crippen molar-refractivity contribution in [2.24, 2.45) is 11.8 Å². The Morgan fingerprint density at radius 3 is 0.738 bits per heavy atom. The number of carbonyl (C=O) groups is 4. The van der Waals surface area contributed by atoms with Gasteiger partial charge in [0.15, 0.2) is 12.2 Å². The fourth-order valence-electron chi connectivity index (χ4n) is 13.0. The van der Waals surface area contributed by atoms with Crippen molar-refractivity contribution < 1.29 is 80.2 Å². The van der Waals surface area contributed by atoms with Crippen LogP contribution in [0.3, 0.4) is 0 Å². The van der Waals surface area contributed by atoms with Crippen molar-refractivity contribution in [3.63, 3.8) is 0 Å². The Bertz CT molecular complexity index is 1980.